The summed E-state index contributed by atoms with van der Waals surface area (Å²) in [7, 11) is 0.500. The van der Waals surface area contributed by atoms with Gasteiger partial charge in [-0.05, 0) is 37.1 Å². The zero-order chi connectivity index (χ0) is 12.4. The fraction of sp³-hybridized carbons (Fsp3) is 0.417. The molecule has 0 bridgehead atoms. The fourth-order valence-electron chi connectivity index (χ4n) is 1.58. The van der Waals surface area contributed by atoms with Gasteiger partial charge in [0.05, 0.1) is 10.8 Å². The van der Waals surface area contributed by atoms with Crippen molar-refractivity contribution in [2.45, 2.75) is 23.8 Å². The van der Waals surface area contributed by atoms with E-state index in [1.165, 1.54) is 0 Å². The first-order chi connectivity index (χ1) is 8.08. The van der Waals surface area contributed by atoms with Crippen LogP contribution in [0.4, 0.5) is 5.69 Å². The van der Waals surface area contributed by atoms with Crippen LogP contribution >= 0.6 is 0 Å². The molecule has 1 amide bonds. The quantitative estimate of drug-likeness (QED) is 0.813. The molecule has 1 saturated carbocycles. The van der Waals surface area contributed by atoms with Crippen LogP contribution in [0, 0.1) is 0 Å². The van der Waals surface area contributed by atoms with Gasteiger partial charge < -0.3 is 10.6 Å². The second-order valence-corrected chi connectivity index (χ2v) is 5.75. The Bertz CT molecular complexity index is 440. The number of nitrogens with two attached hydrogens (primary N) is 1. The number of carbonyl (C=O) groups excluding carboxylic acids is 1. The Kier molecular flexibility index (Phi) is 3.47. The molecule has 0 aromatic heterocycles. The molecule has 4 nitrogen and oxygen atoms in total. The molecule has 1 aromatic rings. The Morgan fingerprint density at radius 3 is 2.53 bits per heavy atom. The van der Waals surface area contributed by atoms with E-state index in [0.717, 1.165) is 12.8 Å². The van der Waals surface area contributed by atoms with Gasteiger partial charge in [-0.3, -0.25) is 9.00 Å². The molecular weight excluding hydrogens is 236 g/mol. The van der Waals surface area contributed by atoms with Crippen LogP contribution in [0.25, 0.3) is 0 Å². The lowest BCUT2D eigenvalue weighted by atomic mass is 10.3. The van der Waals surface area contributed by atoms with E-state index in [0.29, 0.717) is 16.6 Å². The maximum Gasteiger partial charge on any atom is 0.235 e. The first-order valence-corrected chi connectivity index (χ1v) is 6.89. The zero-order valence-electron chi connectivity index (χ0n) is 9.76. The summed E-state index contributed by atoms with van der Waals surface area (Å²) in [6.45, 7) is 0. The van der Waals surface area contributed by atoms with E-state index in [4.69, 9.17) is 5.73 Å². The van der Waals surface area contributed by atoms with Gasteiger partial charge in [-0.2, -0.15) is 0 Å². The third kappa shape index (κ3) is 3.06. The Balaban J connectivity index is 1.96. The first kappa shape index (κ1) is 12.1. The third-order valence-corrected chi connectivity index (χ3v) is 4.19. The molecule has 2 rings (SSSR count). The lowest BCUT2D eigenvalue weighted by Gasteiger charge is -2.15. The van der Waals surface area contributed by atoms with Crippen LogP contribution in [0.15, 0.2) is 29.2 Å². The van der Waals surface area contributed by atoms with Crippen LogP contribution in [-0.2, 0) is 15.6 Å². The standard InChI is InChI=1S/C12H16N2O2S/c1-14(10-4-5-10)12(15)8-17(16)11-6-2-9(13)3-7-11/h2-3,6-7,10H,4-5,8,13H2,1H3. The third-order valence-electron chi connectivity index (χ3n) is 2.89. The molecule has 0 aliphatic heterocycles. The van der Waals surface area contributed by atoms with Gasteiger partial charge in [0, 0.05) is 23.7 Å². The Morgan fingerprint density at radius 1 is 1.41 bits per heavy atom. The second kappa shape index (κ2) is 4.87. The molecule has 1 unspecified atom stereocenters. The van der Waals surface area contributed by atoms with E-state index in [-0.39, 0.29) is 11.7 Å². The molecule has 17 heavy (non-hydrogen) atoms. The molecule has 0 saturated heterocycles. The molecular formula is C12H16N2O2S. The van der Waals surface area contributed by atoms with Crippen LogP contribution < -0.4 is 5.73 Å². The van der Waals surface area contributed by atoms with Gasteiger partial charge in [0.1, 0.15) is 5.75 Å². The van der Waals surface area contributed by atoms with Gasteiger partial charge >= 0.3 is 0 Å². The summed E-state index contributed by atoms with van der Waals surface area (Å²) in [5.74, 6) is -0.000596. The molecule has 0 radical (unpaired) electrons. The number of hydrogen-bond acceptors (Lipinski definition) is 3. The predicted molar refractivity (Wildman–Crippen MR) is 67.9 cm³/mol. The summed E-state index contributed by atoms with van der Waals surface area (Å²) in [4.78, 5) is 14.1. The van der Waals surface area contributed by atoms with Crippen molar-refractivity contribution in [3.8, 4) is 0 Å². The number of nitrogens with zero attached hydrogens (tertiary/aromatic N) is 1. The fourth-order valence-corrected chi connectivity index (χ4v) is 2.62. The number of amides is 1. The smallest absolute Gasteiger partial charge is 0.235 e. The van der Waals surface area contributed by atoms with Crippen molar-refractivity contribution in [2.24, 2.45) is 0 Å². The maximum absolute atomic E-state index is 11.9. The summed E-state index contributed by atoms with van der Waals surface area (Å²) in [5.41, 5.74) is 6.18. The van der Waals surface area contributed by atoms with Crippen molar-refractivity contribution in [3.05, 3.63) is 24.3 Å². The number of anilines is 1. The normalized spacial score (nSPS) is 16.5. The van der Waals surface area contributed by atoms with Crippen molar-refractivity contribution in [1.29, 1.82) is 0 Å². The van der Waals surface area contributed by atoms with Gasteiger partial charge in [0.2, 0.25) is 5.91 Å². The lowest BCUT2D eigenvalue weighted by Crippen LogP contribution is -2.32. The highest BCUT2D eigenvalue weighted by molar-refractivity contribution is 7.85. The average molecular weight is 252 g/mol. The topological polar surface area (TPSA) is 63.4 Å². The van der Waals surface area contributed by atoms with E-state index < -0.39 is 10.8 Å². The number of carbonyl (C=O) groups is 1. The largest absolute Gasteiger partial charge is 0.399 e. The Hall–Kier alpha value is -1.36. The molecule has 0 spiro atoms. The van der Waals surface area contributed by atoms with Crippen molar-refractivity contribution >= 4 is 22.4 Å². The van der Waals surface area contributed by atoms with E-state index >= 15 is 0 Å². The summed E-state index contributed by atoms with van der Waals surface area (Å²) < 4.78 is 11.9. The minimum Gasteiger partial charge on any atom is -0.399 e. The summed E-state index contributed by atoms with van der Waals surface area (Å²) >= 11 is 0. The second-order valence-electron chi connectivity index (χ2n) is 4.29. The molecule has 1 atom stereocenters. The van der Waals surface area contributed by atoms with Crippen LogP contribution in [0.1, 0.15) is 12.8 Å². The highest BCUT2D eigenvalue weighted by Gasteiger charge is 2.30. The highest BCUT2D eigenvalue weighted by atomic mass is 32.2. The van der Waals surface area contributed by atoms with Crippen LogP contribution in [0.5, 0.6) is 0 Å². The molecule has 1 aliphatic carbocycles. The van der Waals surface area contributed by atoms with E-state index in [9.17, 15) is 9.00 Å². The Morgan fingerprint density at radius 2 is 2.00 bits per heavy atom. The molecule has 1 fully saturated rings. The van der Waals surface area contributed by atoms with Crippen LogP contribution in [-0.4, -0.2) is 33.9 Å². The van der Waals surface area contributed by atoms with Crippen molar-refractivity contribution < 1.29 is 9.00 Å². The van der Waals surface area contributed by atoms with Crippen LogP contribution in [0.3, 0.4) is 0 Å². The monoisotopic (exact) mass is 252 g/mol. The maximum atomic E-state index is 11.9. The van der Waals surface area contributed by atoms with Gasteiger partial charge in [-0.15, -0.1) is 0 Å². The highest BCUT2D eigenvalue weighted by Crippen LogP contribution is 2.25. The number of nitrogen functional groups attached to an aromatic ring is 1. The average Bonchev–Trinajstić information content (AvgIpc) is 3.12. The molecule has 1 aliphatic rings. The molecule has 2 N–H and O–H groups in total. The zero-order valence-corrected chi connectivity index (χ0v) is 10.6. The van der Waals surface area contributed by atoms with Crippen molar-refractivity contribution in [1.82, 2.24) is 4.90 Å². The van der Waals surface area contributed by atoms with E-state index in [1.54, 1.807) is 36.2 Å². The number of benzene rings is 1. The summed E-state index contributed by atoms with van der Waals surface area (Å²) in [5, 5.41) is 0. The van der Waals surface area contributed by atoms with Crippen molar-refractivity contribution in [2.75, 3.05) is 18.5 Å². The van der Waals surface area contributed by atoms with Crippen molar-refractivity contribution in [3.63, 3.8) is 0 Å². The summed E-state index contributed by atoms with van der Waals surface area (Å²) in [6, 6.07) is 7.17. The molecule has 0 heterocycles. The van der Waals surface area contributed by atoms with E-state index in [2.05, 4.69) is 0 Å². The summed E-state index contributed by atoms with van der Waals surface area (Å²) in [6.07, 6.45) is 2.13. The number of hydrogen-bond donors (Lipinski definition) is 1. The van der Waals surface area contributed by atoms with Gasteiger partial charge in [-0.25, -0.2) is 0 Å². The minimum atomic E-state index is -1.28. The lowest BCUT2D eigenvalue weighted by molar-refractivity contribution is -0.127. The first-order valence-electron chi connectivity index (χ1n) is 5.57. The number of rotatable bonds is 4. The Labute approximate surface area is 103 Å². The SMILES string of the molecule is CN(C(=O)CS(=O)c1ccc(N)cc1)C1CC1. The van der Waals surface area contributed by atoms with Gasteiger partial charge in [-0.1, -0.05) is 0 Å². The van der Waals surface area contributed by atoms with E-state index in [1.807, 2.05) is 0 Å². The van der Waals surface area contributed by atoms with Gasteiger partial charge in [0.25, 0.3) is 0 Å². The predicted octanol–water partition coefficient (Wildman–Crippen LogP) is 0.997. The molecule has 92 valence electrons. The van der Waals surface area contributed by atoms with Crippen LogP contribution in [0.2, 0.25) is 0 Å². The molecule has 5 heteroatoms. The minimum absolute atomic E-state index is 0.0525. The molecule has 1 aromatic carbocycles. The van der Waals surface area contributed by atoms with Gasteiger partial charge in [0.15, 0.2) is 0 Å².